The molecule has 0 aliphatic carbocycles. The zero-order valence-electron chi connectivity index (χ0n) is 16.3. The molecule has 2 aromatic carbocycles. The van der Waals surface area contributed by atoms with E-state index in [2.05, 4.69) is 10.2 Å². The Morgan fingerprint density at radius 3 is 2.64 bits per heavy atom. The topological polar surface area (TPSA) is 97.0 Å². The van der Waals surface area contributed by atoms with Gasteiger partial charge in [0.25, 0.3) is 0 Å². The fourth-order valence-corrected chi connectivity index (χ4v) is 2.84. The van der Waals surface area contributed by atoms with E-state index in [1.807, 2.05) is 30.3 Å². The van der Waals surface area contributed by atoms with E-state index in [0.29, 0.717) is 12.2 Å². The zero-order chi connectivity index (χ0) is 20.2. The highest BCUT2D eigenvalue weighted by Gasteiger charge is 2.11. The second-order valence-corrected chi connectivity index (χ2v) is 6.31. The smallest absolute Gasteiger partial charge is 0.335 e. The van der Waals surface area contributed by atoms with Crippen molar-refractivity contribution in [3.63, 3.8) is 0 Å². The average Bonchev–Trinajstić information content (AvgIpc) is 3.03. The fraction of sp³-hybridized carbons (Fsp3) is 0.381. The lowest BCUT2D eigenvalue weighted by Crippen LogP contribution is -2.27. The Kier molecular flexibility index (Phi) is 9.27. The van der Waals surface area contributed by atoms with Crippen LogP contribution in [0.15, 0.2) is 48.5 Å². The van der Waals surface area contributed by atoms with E-state index in [1.54, 1.807) is 25.3 Å². The number of methoxy groups -OCH3 is 1. The number of anilines is 1. The van der Waals surface area contributed by atoms with E-state index in [4.69, 9.17) is 20.3 Å². The van der Waals surface area contributed by atoms with Crippen molar-refractivity contribution in [1.82, 2.24) is 5.32 Å². The first kappa shape index (κ1) is 21.7. The summed E-state index contributed by atoms with van der Waals surface area (Å²) < 4.78 is 10.0. The SMILES string of the molecule is COc1ccc(COCN)cc1.O=C(O)c1cccc(N2CCCNCC2)c1. The van der Waals surface area contributed by atoms with Gasteiger partial charge in [0.15, 0.2) is 0 Å². The van der Waals surface area contributed by atoms with Crippen LogP contribution >= 0.6 is 0 Å². The van der Waals surface area contributed by atoms with E-state index in [9.17, 15) is 4.79 Å². The molecule has 2 aromatic rings. The molecule has 0 aromatic heterocycles. The summed E-state index contributed by atoms with van der Waals surface area (Å²) in [6.45, 7) is 4.72. The van der Waals surface area contributed by atoms with Gasteiger partial charge in [0, 0.05) is 25.3 Å². The van der Waals surface area contributed by atoms with E-state index in [1.165, 1.54) is 0 Å². The van der Waals surface area contributed by atoms with Gasteiger partial charge in [-0.2, -0.15) is 0 Å². The van der Waals surface area contributed by atoms with Gasteiger partial charge in [-0.3, -0.25) is 0 Å². The number of ether oxygens (including phenoxy) is 2. The van der Waals surface area contributed by atoms with Crippen LogP contribution in [0.25, 0.3) is 0 Å². The van der Waals surface area contributed by atoms with Crippen molar-refractivity contribution in [3.8, 4) is 5.75 Å². The number of nitrogens with one attached hydrogen (secondary N) is 1. The van der Waals surface area contributed by atoms with Gasteiger partial charge in [-0.15, -0.1) is 0 Å². The summed E-state index contributed by atoms with van der Waals surface area (Å²) in [5.41, 5.74) is 7.64. The minimum absolute atomic E-state index is 0.256. The normalized spacial score (nSPS) is 13.9. The highest BCUT2D eigenvalue weighted by atomic mass is 16.5. The monoisotopic (exact) mass is 387 g/mol. The van der Waals surface area contributed by atoms with E-state index < -0.39 is 5.97 Å². The summed E-state index contributed by atoms with van der Waals surface area (Å²) in [5.74, 6) is -0.0127. The molecule has 3 rings (SSSR count). The Morgan fingerprint density at radius 2 is 1.96 bits per heavy atom. The van der Waals surface area contributed by atoms with E-state index in [0.717, 1.165) is 49.6 Å². The summed E-state index contributed by atoms with van der Waals surface area (Å²) in [5, 5.41) is 12.3. The first-order valence-corrected chi connectivity index (χ1v) is 9.34. The Hall–Kier alpha value is -2.61. The van der Waals surface area contributed by atoms with Crippen LogP contribution in [0.4, 0.5) is 5.69 Å². The van der Waals surface area contributed by atoms with Gasteiger partial charge in [0.2, 0.25) is 0 Å². The Labute approximate surface area is 166 Å². The highest BCUT2D eigenvalue weighted by molar-refractivity contribution is 5.88. The summed E-state index contributed by atoms with van der Waals surface area (Å²) in [6.07, 6.45) is 1.09. The molecule has 0 unspecified atom stereocenters. The molecule has 152 valence electrons. The van der Waals surface area contributed by atoms with Gasteiger partial charge in [0.05, 0.1) is 26.0 Å². The number of rotatable bonds is 6. The van der Waals surface area contributed by atoms with E-state index in [-0.39, 0.29) is 6.73 Å². The quantitative estimate of drug-likeness (QED) is 0.655. The number of nitrogens with zero attached hydrogens (tertiary/aromatic N) is 1. The maximum Gasteiger partial charge on any atom is 0.335 e. The molecule has 0 amide bonds. The number of hydrogen-bond donors (Lipinski definition) is 3. The van der Waals surface area contributed by atoms with Gasteiger partial charge in [-0.1, -0.05) is 18.2 Å². The lowest BCUT2D eigenvalue weighted by atomic mass is 10.2. The number of carboxylic acids is 1. The minimum atomic E-state index is -0.866. The summed E-state index contributed by atoms with van der Waals surface area (Å²) in [6, 6.07) is 14.8. The lowest BCUT2D eigenvalue weighted by Gasteiger charge is -2.22. The zero-order valence-corrected chi connectivity index (χ0v) is 16.3. The average molecular weight is 387 g/mol. The van der Waals surface area contributed by atoms with Gasteiger partial charge in [-0.25, -0.2) is 4.79 Å². The molecule has 1 heterocycles. The van der Waals surface area contributed by atoms with Crippen molar-refractivity contribution >= 4 is 11.7 Å². The van der Waals surface area contributed by atoms with Crippen molar-refractivity contribution in [2.24, 2.45) is 5.73 Å². The molecule has 0 atom stereocenters. The fourth-order valence-electron chi connectivity index (χ4n) is 2.84. The molecule has 4 N–H and O–H groups in total. The Bertz CT molecular complexity index is 714. The van der Waals surface area contributed by atoms with Crippen LogP contribution in [0, 0.1) is 0 Å². The van der Waals surface area contributed by atoms with E-state index >= 15 is 0 Å². The van der Waals surface area contributed by atoms with Crippen LogP contribution in [0.2, 0.25) is 0 Å². The lowest BCUT2D eigenvalue weighted by molar-refractivity contribution is 0.0697. The third-order valence-electron chi connectivity index (χ3n) is 4.34. The standard InChI is InChI=1S/C12H16N2O2.C9H13NO2/c15-12(16)10-3-1-4-11(9-10)14-7-2-5-13-6-8-14;1-11-9-4-2-8(3-5-9)6-12-7-10/h1,3-4,9,13H,2,5-8H2,(H,15,16);2-5H,6-7,10H2,1H3. The number of nitrogens with two attached hydrogens (primary N) is 1. The van der Waals surface area contributed by atoms with Crippen molar-refractivity contribution in [2.45, 2.75) is 13.0 Å². The first-order valence-electron chi connectivity index (χ1n) is 9.34. The molecular formula is C21H29N3O4. The molecule has 0 spiro atoms. The largest absolute Gasteiger partial charge is 0.497 e. The molecule has 0 bridgehead atoms. The third kappa shape index (κ3) is 7.19. The molecule has 28 heavy (non-hydrogen) atoms. The molecule has 1 aliphatic rings. The molecule has 0 saturated carbocycles. The molecule has 1 aliphatic heterocycles. The van der Waals surface area contributed by atoms with Crippen LogP contribution in [-0.2, 0) is 11.3 Å². The maximum absolute atomic E-state index is 10.9. The first-order chi connectivity index (χ1) is 13.6. The van der Waals surface area contributed by atoms with Crippen molar-refractivity contribution in [3.05, 3.63) is 59.7 Å². The van der Waals surface area contributed by atoms with Crippen molar-refractivity contribution in [1.29, 1.82) is 0 Å². The number of carboxylic acid groups (broad SMARTS) is 1. The summed E-state index contributed by atoms with van der Waals surface area (Å²) >= 11 is 0. The van der Waals surface area contributed by atoms with Crippen LogP contribution in [-0.4, -0.2) is 51.1 Å². The molecule has 1 saturated heterocycles. The summed E-state index contributed by atoms with van der Waals surface area (Å²) in [4.78, 5) is 13.1. The van der Waals surface area contributed by atoms with Gasteiger partial charge in [-0.05, 0) is 48.9 Å². The van der Waals surface area contributed by atoms with Gasteiger partial charge < -0.3 is 30.5 Å². The predicted molar refractivity (Wildman–Crippen MR) is 110 cm³/mol. The van der Waals surface area contributed by atoms with Crippen molar-refractivity contribution in [2.75, 3.05) is 44.9 Å². The molecular weight excluding hydrogens is 358 g/mol. The number of hydrogen-bond acceptors (Lipinski definition) is 6. The van der Waals surface area contributed by atoms with Gasteiger partial charge in [0.1, 0.15) is 5.75 Å². The van der Waals surface area contributed by atoms with Crippen LogP contribution < -0.4 is 20.7 Å². The molecule has 0 radical (unpaired) electrons. The third-order valence-corrected chi connectivity index (χ3v) is 4.34. The van der Waals surface area contributed by atoms with Crippen molar-refractivity contribution < 1.29 is 19.4 Å². The minimum Gasteiger partial charge on any atom is -0.497 e. The number of aromatic carboxylic acids is 1. The highest BCUT2D eigenvalue weighted by Crippen LogP contribution is 2.17. The van der Waals surface area contributed by atoms with Crippen LogP contribution in [0.5, 0.6) is 5.75 Å². The second-order valence-electron chi connectivity index (χ2n) is 6.31. The molecule has 1 fully saturated rings. The number of benzene rings is 2. The van der Waals surface area contributed by atoms with Crippen LogP contribution in [0.1, 0.15) is 22.3 Å². The Morgan fingerprint density at radius 1 is 1.18 bits per heavy atom. The summed E-state index contributed by atoms with van der Waals surface area (Å²) in [7, 11) is 1.64. The van der Waals surface area contributed by atoms with Crippen LogP contribution in [0.3, 0.4) is 0 Å². The maximum atomic E-state index is 10.9. The molecule has 7 nitrogen and oxygen atoms in total. The van der Waals surface area contributed by atoms with Gasteiger partial charge >= 0.3 is 5.97 Å². The number of carbonyl (C=O) groups is 1. The second kappa shape index (κ2) is 12.0. The Balaban J connectivity index is 0.000000209. The predicted octanol–water partition coefficient (Wildman–Crippen LogP) is 2.31. The molecule has 7 heteroatoms.